The van der Waals surface area contributed by atoms with Crippen molar-refractivity contribution < 1.29 is 4.92 Å². The number of hydrogen-bond acceptors (Lipinski definition) is 7. The first-order valence-corrected chi connectivity index (χ1v) is 8.70. The molecule has 0 bridgehead atoms. The van der Waals surface area contributed by atoms with Crippen molar-refractivity contribution in [2.75, 3.05) is 18.0 Å². The average molecular weight is 355 g/mol. The Kier molecular flexibility index (Phi) is 4.99. The van der Waals surface area contributed by atoms with Crippen LogP contribution in [0.2, 0.25) is 0 Å². The van der Waals surface area contributed by atoms with Crippen molar-refractivity contribution in [2.24, 2.45) is 10.2 Å². The number of azo groups is 1. The second kappa shape index (κ2) is 7.35. The fraction of sp³-hybridized carbons (Fsp3) is 0.235. The Balaban J connectivity index is 1.85. The van der Waals surface area contributed by atoms with Gasteiger partial charge in [-0.2, -0.15) is 4.37 Å². The molecule has 0 amide bonds. The minimum Gasteiger partial charge on any atom is -0.372 e. The fourth-order valence-electron chi connectivity index (χ4n) is 2.52. The lowest BCUT2D eigenvalue weighted by atomic mass is 10.2. The maximum Gasteiger partial charge on any atom is 0.270 e. The van der Waals surface area contributed by atoms with Crippen molar-refractivity contribution in [1.29, 1.82) is 0 Å². The lowest BCUT2D eigenvalue weighted by Gasteiger charge is -2.20. The summed E-state index contributed by atoms with van der Waals surface area (Å²) in [7, 11) is 0. The van der Waals surface area contributed by atoms with Crippen molar-refractivity contribution in [2.45, 2.75) is 13.8 Å². The molecule has 0 saturated carbocycles. The second-order valence-corrected chi connectivity index (χ2v) is 6.09. The quantitative estimate of drug-likeness (QED) is 0.333. The number of nitro groups is 1. The van der Waals surface area contributed by atoms with Gasteiger partial charge in [0.1, 0.15) is 0 Å². The van der Waals surface area contributed by atoms with Gasteiger partial charge in [0, 0.05) is 36.3 Å². The molecule has 0 saturated heterocycles. The molecule has 0 atom stereocenters. The Morgan fingerprint density at radius 3 is 2.48 bits per heavy atom. The summed E-state index contributed by atoms with van der Waals surface area (Å²) in [5.41, 5.74) is 2.57. The Labute approximate surface area is 148 Å². The Morgan fingerprint density at radius 1 is 1.12 bits per heavy atom. The third-order valence-electron chi connectivity index (χ3n) is 3.89. The molecule has 8 heteroatoms. The van der Waals surface area contributed by atoms with Gasteiger partial charge in [0.05, 0.1) is 16.1 Å². The minimum atomic E-state index is -0.427. The first-order valence-electron chi connectivity index (χ1n) is 7.93. The summed E-state index contributed by atoms with van der Waals surface area (Å²) >= 11 is 1.18. The predicted octanol–water partition coefficient (Wildman–Crippen LogP) is 5.47. The molecule has 3 rings (SSSR count). The van der Waals surface area contributed by atoms with E-state index in [0.29, 0.717) is 15.9 Å². The zero-order valence-corrected chi connectivity index (χ0v) is 14.7. The molecule has 25 heavy (non-hydrogen) atoms. The van der Waals surface area contributed by atoms with E-state index in [2.05, 4.69) is 33.3 Å². The maximum absolute atomic E-state index is 10.9. The van der Waals surface area contributed by atoms with Crippen molar-refractivity contribution in [3.05, 3.63) is 52.6 Å². The number of rotatable bonds is 6. The van der Waals surface area contributed by atoms with Gasteiger partial charge in [-0.05, 0) is 55.7 Å². The summed E-state index contributed by atoms with van der Waals surface area (Å²) in [6, 6.07) is 12.4. The molecule has 3 aromatic rings. The molecule has 0 aliphatic rings. The molecule has 0 aliphatic heterocycles. The van der Waals surface area contributed by atoms with Gasteiger partial charge < -0.3 is 4.90 Å². The van der Waals surface area contributed by atoms with Gasteiger partial charge >= 0.3 is 0 Å². The molecule has 0 unspecified atom stereocenters. The SMILES string of the molecule is CCN(CC)c1ccc(N=Nc2snc3ccc([N+](=O)[O-])cc23)cc1. The molecule has 7 nitrogen and oxygen atoms in total. The minimum absolute atomic E-state index is 0.0210. The van der Waals surface area contributed by atoms with Crippen molar-refractivity contribution >= 4 is 44.5 Å². The zero-order chi connectivity index (χ0) is 17.8. The molecule has 0 radical (unpaired) electrons. The summed E-state index contributed by atoms with van der Waals surface area (Å²) in [5.74, 6) is 0. The molecule has 2 aromatic carbocycles. The molecule has 0 aliphatic carbocycles. The highest BCUT2D eigenvalue weighted by atomic mass is 32.1. The maximum atomic E-state index is 10.9. The lowest BCUT2D eigenvalue weighted by molar-refractivity contribution is -0.384. The summed E-state index contributed by atoms with van der Waals surface area (Å²) in [6.07, 6.45) is 0. The normalized spacial score (nSPS) is 11.3. The van der Waals surface area contributed by atoms with Crippen molar-refractivity contribution in [1.82, 2.24) is 4.37 Å². The van der Waals surface area contributed by atoms with E-state index in [1.165, 1.54) is 23.7 Å². The number of non-ortho nitro benzene ring substituents is 1. The van der Waals surface area contributed by atoms with Crippen LogP contribution < -0.4 is 4.90 Å². The number of nitro benzene ring substituents is 1. The lowest BCUT2D eigenvalue weighted by Crippen LogP contribution is -2.21. The number of hydrogen-bond donors (Lipinski definition) is 0. The van der Waals surface area contributed by atoms with E-state index in [1.54, 1.807) is 6.07 Å². The molecule has 0 spiro atoms. The first-order chi connectivity index (χ1) is 12.1. The van der Waals surface area contributed by atoms with Gasteiger partial charge in [-0.3, -0.25) is 10.1 Å². The average Bonchev–Trinajstić information content (AvgIpc) is 3.04. The van der Waals surface area contributed by atoms with E-state index in [1.807, 2.05) is 24.3 Å². The summed E-state index contributed by atoms with van der Waals surface area (Å²) < 4.78 is 4.25. The molecular formula is C17H17N5O2S. The Morgan fingerprint density at radius 2 is 1.84 bits per heavy atom. The summed E-state index contributed by atoms with van der Waals surface area (Å²) in [5, 5.41) is 20.6. The second-order valence-electron chi connectivity index (χ2n) is 5.33. The number of fused-ring (bicyclic) bond motifs is 1. The molecule has 1 aromatic heterocycles. The van der Waals surface area contributed by atoms with Gasteiger partial charge in [0.25, 0.3) is 5.69 Å². The Hall–Kier alpha value is -2.87. The third kappa shape index (κ3) is 3.63. The number of benzene rings is 2. The Bertz CT molecular complexity index is 916. The first kappa shape index (κ1) is 17.0. The zero-order valence-electron chi connectivity index (χ0n) is 13.9. The van der Waals surface area contributed by atoms with Crippen molar-refractivity contribution in [3.8, 4) is 0 Å². The van der Waals surface area contributed by atoms with E-state index in [-0.39, 0.29) is 5.69 Å². The molecule has 128 valence electrons. The van der Waals surface area contributed by atoms with Crippen LogP contribution >= 0.6 is 11.5 Å². The van der Waals surface area contributed by atoms with Gasteiger partial charge in [0.2, 0.25) is 0 Å². The molecular weight excluding hydrogens is 338 g/mol. The highest BCUT2D eigenvalue weighted by molar-refractivity contribution is 7.11. The summed E-state index contributed by atoms with van der Waals surface area (Å²) in [4.78, 5) is 12.7. The van der Waals surface area contributed by atoms with Crippen LogP contribution in [0.4, 0.5) is 22.1 Å². The van der Waals surface area contributed by atoms with Gasteiger partial charge in [-0.1, -0.05) is 0 Å². The molecule has 0 fully saturated rings. The van der Waals surface area contributed by atoms with Crippen LogP contribution in [0.3, 0.4) is 0 Å². The standard InChI is InChI=1S/C17H17N5O2S/c1-3-21(4-2)13-7-5-12(6-8-13)18-19-17-15-11-14(22(23)24)9-10-16(15)20-25-17/h5-11H,3-4H2,1-2H3. The van der Waals surface area contributed by atoms with Crippen LogP contribution in [0.15, 0.2) is 52.7 Å². The third-order valence-corrected chi connectivity index (χ3v) is 4.65. The van der Waals surface area contributed by atoms with E-state index < -0.39 is 4.92 Å². The van der Waals surface area contributed by atoms with Crippen molar-refractivity contribution in [3.63, 3.8) is 0 Å². The van der Waals surface area contributed by atoms with Crippen LogP contribution in [0.1, 0.15) is 13.8 Å². The molecule has 0 N–H and O–H groups in total. The van der Waals surface area contributed by atoms with Gasteiger partial charge in [0.15, 0.2) is 5.00 Å². The van der Waals surface area contributed by atoms with E-state index in [4.69, 9.17) is 0 Å². The largest absolute Gasteiger partial charge is 0.372 e. The summed E-state index contributed by atoms with van der Waals surface area (Å²) in [6.45, 7) is 6.13. The highest BCUT2D eigenvalue weighted by Crippen LogP contribution is 2.34. The predicted molar refractivity (Wildman–Crippen MR) is 100 cm³/mol. The van der Waals surface area contributed by atoms with Crippen LogP contribution in [-0.4, -0.2) is 22.4 Å². The number of nitrogens with zero attached hydrogens (tertiary/aromatic N) is 5. The monoisotopic (exact) mass is 355 g/mol. The number of anilines is 1. The van der Waals surface area contributed by atoms with Gasteiger partial charge in [-0.25, -0.2) is 0 Å². The fourth-order valence-corrected chi connectivity index (χ4v) is 3.21. The van der Waals surface area contributed by atoms with E-state index in [0.717, 1.165) is 24.5 Å². The van der Waals surface area contributed by atoms with Crippen LogP contribution in [0.5, 0.6) is 0 Å². The van der Waals surface area contributed by atoms with E-state index >= 15 is 0 Å². The van der Waals surface area contributed by atoms with Gasteiger partial charge in [-0.15, -0.1) is 10.2 Å². The molecule has 1 heterocycles. The van der Waals surface area contributed by atoms with Crippen LogP contribution in [-0.2, 0) is 0 Å². The number of aromatic nitrogens is 1. The van der Waals surface area contributed by atoms with Crippen LogP contribution in [0.25, 0.3) is 10.9 Å². The topological polar surface area (TPSA) is 84.0 Å². The highest BCUT2D eigenvalue weighted by Gasteiger charge is 2.11. The van der Waals surface area contributed by atoms with E-state index in [9.17, 15) is 10.1 Å². The smallest absolute Gasteiger partial charge is 0.270 e. The van der Waals surface area contributed by atoms with Crippen LogP contribution in [0, 0.1) is 10.1 Å².